The molecule has 3 fully saturated rings. The molecule has 1 amide bonds. The van der Waals surface area contributed by atoms with E-state index >= 15 is 0 Å². The fourth-order valence-electron chi connectivity index (χ4n) is 8.22. The van der Waals surface area contributed by atoms with Crippen LogP contribution in [-0.2, 0) is 30.3 Å². The maximum Gasteiger partial charge on any atom is 0.336 e. The molecule has 4 aliphatic rings. The molecule has 2 aliphatic carbocycles. The maximum absolute atomic E-state index is 14.0. The number of amides is 1. The molecule has 0 radical (unpaired) electrons. The SMILES string of the molecule is COC(=O)C1=C(CCc2nccs2)NC(CC(=O)N2CCN(C3CC4CCC(C3)C4(C)O)CC2)=C(C(=O)OC)C1c1c(Cl)cccc1Cl. The van der Waals surface area contributed by atoms with E-state index in [0.29, 0.717) is 60.8 Å². The minimum Gasteiger partial charge on any atom is -0.466 e. The summed E-state index contributed by atoms with van der Waals surface area (Å²) in [7, 11) is 2.54. The number of esters is 2. The number of rotatable bonds is 9. The first kappa shape index (κ1) is 34.9. The van der Waals surface area contributed by atoms with E-state index in [-0.39, 0.29) is 33.5 Å². The molecule has 2 aromatic rings. The highest BCUT2D eigenvalue weighted by atomic mass is 35.5. The van der Waals surface area contributed by atoms with Crippen LogP contribution in [0, 0.1) is 11.8 Å². The molecule has 3 atom stereocenters. The van der Waals surface area contributed by atoms with Crippen molar-refractivity contribution in [3.8, 4) is 0 Å². The lowest BCUT2D eigenvalue weighted by Crippen LogP contribution is -2.55. The molecule has 13 heteroatoms. The van der Waals surface area contributed by atoms with Gasteiger partial charge in [0.2, 0.25) is 5.91 Å². The van der Waals surface area contributed by atoms with Crippen LogP contribution in [-0.4, -0.2) is 89.8 Å². The molecule has 3 heterocycles. The number of hydrogen-bond acceptors (Lipinski definition) is 10. The molecule has 1 aromatic carbocycles. The first-order valence-electron chi connectivity index (χ1n) is 16.5. The largest absolute Gasteiger partial charge is 0.466 e. The van der Waals surface area contributed by atoms with E-state index < -0.39 is 23.5 Å². The van der Waals surface area contributed by atoms with Crippen molar-refractivity contribution in [3.63, 3.8) is 0 Å². The van der Waals surface area contributed by atoms with Crippen LogP contribution >= 0.6 is 34.5 Å². The van der Waals surface area contributed by atoms with E-state index in [1.165, 1.54) is 25.6 Å². The van der Waals surface area contributed by atoms with Gasteiger partial charge in [-0.05, 0) is 63.0 Å². The second-order valence-corrected chi connectivity index (χ2v) is 15.1. The number of thiazole rings is 1. The summed E-state index contributed by atoms with van der Waals surface area (Å²) in [6.07, 6.45) is 6.61. The Balaban J connectivity index is 1.29. The van der Waals surface area contributed by atoms with Crippen molar-refractivity contribution in [2.45, 2.75) is 69.4 Å². The van der Waals surface area contributed by atoms with Crippen LogP contribution in [0.3, 0.4) is 0 Å². The summed E-state index contributed by atoms with van der Waals surface area (Å²) in [5, 5.41) is 17.5. The van der Waals surface area contributed by atoms with E-state index in [2.05, 4.69) is 15.2 Å². The van der Waals surface area contributed by atoms with E-state index in [1.807, 2.05) is 17.2 Å². The van der Waals surface area contributed by atoms with Crippen LogP contribution in [0.4, 0.5) is 0 Å². The molecular formula is C35H42Cl2N4O6S. The Bertz CT molecular complexity index is 1580. The van der Waals surface area contributed by atoms with Gasteiger partial charge in [-0.3, -0.25) is 9.69 Å². The molecule has 0 spiro atoms. The number of methoxy groups -OCH3 is 2. The Morgan fingerprint density at radius 1 is 0.979 bits per heavy atom. The molecule has 2 bridgehead atoms. The number of nitrogens with zero attached hydrogens (tertiary/aromatic N) is 3. The number of fused-ring (bicyclic) bond motifs is 2. The Morgan fingerprint density at radius 3 is 2.15 bits per heavy atom. The predicted molar refractivity (Wildman–Crippen MR) is 183 cm³/mol. The number of aromatic nitrogens is 1. The normalized spacial score (nSPS) is 27.6. The number of hydrogen-bond donors (Lipinski definition) is 2. The predicted octanol–water partition coefficient (Wildman–Crippen LogP) is 5.10. The van der Waals surface area contributed by atoms with Crippen LogP contribution < -0.4 is 5.32 Å². The van der Waals surface area contributed by atoms with Gasteiger partial charge in [0.1, 0.15) is 0 Å². The number of carbonyl (C=O) groups is 3. The van der Waals surface area contributed by atoms with Crippen LogP contribution in [0.2, 0.25) is 10.0 Å². The van der Waals surface area contributed by atoms with Gasteiger partial charge in [0.25, 0.3) is 0 Å². The number of halogens is 2. The molecule has 1 aromatic heterocycles. The molecule has 2 saturated carbocycles. The molecular weight excluding hydrogens is 675 g/mol. The molecule has 1 saturated heterocycles. The highest BCUT2D eigenvalue weighted by molar-refractivity contribution is 7.09. The van der Waals surface area contributed by atoms with E-state index in [1.54, 1.807) is 24.4 Å². The van der Waals surface area contributed by atoms with Gasteiger partial charge >= 0.3 is 11.9 Å². The topological polar surface area (TPSA) is 121 Å². The fraction of sp³-hybridized carbons (Fsp3) is 0.543. The van der Waals surface area contributed by atoms with Gasteiger partial charge in [0.05, 0.1) is 48.3 Å². The minimum absolute atomic E-state index is 0.0858. The summed E-state index contributed by atoms with van der Waals surface area (Å²) in [6.45, 7) is 4.61. The molecule has 2 aliphatic heterocycles. The molecule has 6 rings (SSSR count). The third kappa shape index (κ3) is 6.76. The zero-order valence-electron chi connectivity index (χ0n) is 27.5. The number of aryl methyl sites for hydroxylation is 1. The standard InChI is InChI=1S/C35H42Cl2N4O6S/c1-35(45)20-7-8-21(35)18-22(17-20)40-12-14-41(15-13-40)28(42)19-26-31(34(44)47-3)32(29-23(36)5-4-6-24(29)37)30(33(43)46-2)25(39-26)9-10-27-38-11-16-48-27/h4-6,11,16,20-22,32,39,45H,7-10,12-15,17-19H2,1-3H3. The first-order valence-corrected chi connectivity index (χ1v) is 18.1. The Hall–Kier alpha value is -2.96. The molecule has 258 valence electrons. The number of carbonyl (C=O) groups excluding carboxylic acids is 3. The van der Waals surface area contributed by atoms with Gasteiger partial charge in [0.15, 0.2) is 0 Å². The lowest BCUT2D eigenvalue weighted by atomic mass is 9.73. The third-order valence-electron chi connectivity index (χ3n) is 10.8. The van der Waals surface area contributed by atoms with E-state index in [4.69, 9.17) is 32.7 Å². The highest BCUT2D eigenvalue weighted by Crippen LogP contribution is 2.51. The maximum atomic E-state index is 14.0. The second-order valence-electron chi connectivity index (χ2n) is 13.3. The molecule has 3 unspecified atom stereocenters. The van der Waals surface area contributed by atoms with Gasteiger partial charge in [0, 0.05) is 77.2 Å². The summed E-state index contributed by atoms with van der Waals surface area (Å²) >= 11 is 15.0. The van der Waals surface area contributed by atoms with Crippen molar-refractivity contribution in [2.75, 3.05) is 40.4 Å². The van der Waals surface area contributed by atoms with Crippen molar-refractivity contribution in [2.24, 2.45) is 11.8 Å². The number of ether oxygens (including phenoxy) is 2. The lowest BCUT2D eigenvalue weighted by Gasteiger charge is -2.46. The third-order valence-corrected chi connectivity index (χ3v) is 12.3. The van der Waals surface area contributed by atoms with Crippen molar-refractivity contribution in [3.05, 3.63) is 72.9 Å². The summed E-state index contributed by atoms with van der Waals surface area (Å²) < 4.78 is 10.5. The Labute approximate surface area is 295 Å². The quantitative estimate of drug-likeness (QED) is 0.342. The van der Waals surface area contributed by atoms with Crippen molar-refractivity contribution in [1.82, 2.24) is 20.1 Å². The summed E-state index contributed by atoms with van der Waals surface area (Å²) in [5.74, 6) is -1.90. The van der Waals surface area contributed by atoms with Gasteiger partial charge in [-0.25, -0.2) is 14.6 Å². The average Bonchev–Trinajstić information content (AvgIpc) is 3.61. The van der Waals surface area contributed by atoms with Crippen molar-refractivity contribution in [1.29, 1.82) is 0 Å². The number of nitrogens with one attached hydrogen (secondary N) is 1. The smallest absolute Gasteiger partial charge is 0.336 e. The average molecular weight is 718 g/mol. The Morgan fingerprint density at radius 2 is 1.58 bits per heavy atom. The highest BCUT2D eigenvalue weighted by Gasteiger charge is 2.51. The monoisotopic (exact) mass is 716 g/mol. The van der Waals surface area contributed by atoms with E-state index in [0.717, 1.165) is 43.8 Å². The van der Waals surface area contributed by atoms with Crippen LogP contribution in [0.5, 0.6) is 0 Å². The number of piperazine rings is 1. The first-order chi connectivity index (χ1) is 23.0. The van der Waals surface area contributed by atoms with Crippen LogP contribution in [0.15, 0.2) is 52.3 Å². The zero-order valence-corrected chi connectivity index (χ0v) is 29.8. The number of dihydropyridines is 1. The van der Waals surface area contributed by atoms with Crippen LogP contribution in [0.1, 0.15) is 61.9 Å². The second kappa shape index (κ2) is 14.5. The fourth-order valence-corrected chi connectivity index (χ4v) is 9.45. The molecule has 10 nitrogen and oxygen atoms in total. The van der Waals surface area contributed by atoms with Gasteiger partial charge in [-0.2, -0.15) is 0 Å². The Kier molecular flexibility index (Phi) is 10.5. The summed E-state index contributed by atoms with van der Waals surface area (Å²) in [6, 6.07) is 5.39. The van der Waals surface area contributed by atoms with Crippen molar-refractivity contribution >= 4 is 52.4 Å². The van der Waals surface area contributed by atoms with Gasteiger partial charge < -0.3 is 24.8 Å². The van der Waals surface area contributed by atoms with Crippen molar-refractivity contribution < 1.29 is 29.0 Å². The van der Waals surface area contributed by atoms with Gasteiger partial charge in [-0.1, -0.05) is 29.3 Å². The van der Waals surface area contributed by atoms with Crippen LogP contribution in [0.25, 0.3) is 0 Å². The zero-order chi connectivity index (χ0) is 34.2. The number of benzene rings is 1. The molecule has 48 heavy (non-hydrogen) atoms. The molecule has 2 N–H and O–H groups in total. The number of aliphatic hydroxyl groups is 1. The lowest BCUT2D eigenvalue weighted by molar-refractivity contribution is -0.137. The van der Waals surface area contributed by atoms with Gasteiger partial charge in [-0.15, -0.1) is 11.3 Å². The summed E-state index contributed by atoms with van der Waals surface area (Å²) in [4.78, 5) is 49.8. The minimum atomic E-state index is -1.04. The van der Waals surface area contributed by atoms with E-state index in [9.17, 15) is 19.5 Å². The number of allylic oxidation sites excluding steroid dienone is 1. The summed E-state index contributed by atoms with van der Waals surface area (Å²) in [5.41, 5.74) is 0.884.